The van der Waals surface area contributed by atoms with Crippen molar-refractivity contribution >= 4 is 0 Å². The molecule has 1 atom stereocenters. The predicted octanol–water partition coefficient (Wildman–Crippen LogP) is 1.20. The zero-order chi connectivity index (χ0) is 14.4. The Morgan fingerprint density at radius 2 is 1.75 bits per heavy atom. The summed E-state index contributed by atoms with van der Waals surface area (Å²) < 4.78 is 18.2. The minimum atomic E-state index is -0.520. The molecular weight excluding hydrogens is 259 g/mol. The van der Waals surface area contributed by atoms with Crippen molar-refractivity contribution in [2.75, 3.05) is 45.9 Å². The molecule has 5 heteroatoms. The lowest BCUT2D eigenvalue weighted by atomic mass is 10.2. The normalized spacial score (nSPS) is 18.9. The number of nitrogens with zero attached hydrogens (tertiary/aromatic N) is 2. The van der Waals surface area contributed by atoms with Crippen LogP contribution in [0.15, 0.2) is 24.3 Å². The molecule has 0 aromatic heterocycles. The van der Waals surface area contributed by atoms with E-state index in [1.54, 1.807) is 12.1 Å². The van der Waals surface area contributed by atoms with Gasteiger partial charge in [-0.25, -0.2) is 4.39 Å². The van der Waals surface area contributed by atoms with Crippen LogP contribution >= 0.6 is 0 Å². The van der Waals surface area contributed by atoms with Crippen molar-refractivity contribution in [3.8, 4) is 5.75 Å². The maximum atomic E-state index is 12.7. The summed E-state index contributed by atoms with van der Waals surface area (Å²) in [5.41, 5.74) is 0. The van der Waals surface area contributed by atoms with Crippen LogP contribution in [0.25, 0.3) is 0 Å². The smallest absolute Gasteiger partial charge is 0.123 e. The largest absolute Gasteiger partial charge is 0.491 e. The van der Waals surface area contributed by atoms with Crippen molar-refractivity contribution < 1.29 is 14.2 Å². The average molecular weight is 282 g/mol. The maximum Gasteiger partial charge on any atom is 0.123 e. The standard InChI is InChI=1S/C15H23FN2O2/c1-2-17-7-9-18(10-8-17)11-14(19)12-20-15-5-3-13(16)4-6-15/h3-6,14,19H,2,7-12H2,1H3/t14-/m0/s1. The number of aliphatic hydroxyl groups excluding tert-OH is 1. The second kappa shape index (κ2) is 7.57. The van der Waals surface area contributed by atoms with Crippen molar-refractivity contribution in [3.05, 3.63) is 30.1 Å². The van der Waals surface area contributed by atoms with Gasteiger partial charge in [0, 0.05) is 32.7 Å². The first kappa shape index (κ1) is 15.2. The Bertz CT molecular complexity index is 391. The molecule has 112 valence electrons. The van der Waals surface area contributed by atoms with Crippen LogP contribution in [-0.2, 0) is 0 Å². The molecule has 20 heavy (non-hydrogen) atoms. The molecule has 0 bridgehead atoms. The van der Waals surface area contributed by atoms with E-state index in [1.165, 1.54) is 12.1 Å². The molecule has 1 aliphatic heterocycles. The molecule has 0 amide bonds. The second-order valence-electron chi connectivity index (χ2n) is 5.15. The van der Waals surface area contributed by atoms with Crippen LogP contribution < -0.4 is 4.74 Å². The summed E-state index contributed by atoms with van der Waals surface area (Å²) in [4.78, 5) is 4.66. The highest BCUT2D eigenvalue weighted by Gasteiger charge is 2.18. The number of aliphatic hydroxyl groups is 1. The van der Waals surface area contributed by atoms with Gasteiger partial charge in [0.1, 0.15) is 24.3 Å². The van der Waals surface area contributed by atoms with E-state index in [0.717, 1.165) is 32.7 Å². The van der Waals surface area contributed by atoms with E-state index in [2.05, 4.69) is 16.7 Å². The van der Waals surface area contributed by atoms with Crippen LogP contribution in [0.5, 0.6) is 5.75 Å². The van der Waals surface area contributed by atoms with Gasteiger partial charge in [0.2, 0.25) is 0 Å². The van der Waals surface area contributed by atoms with Gasteiger partial charge >= 0.3 is 0 Å². The molecule has 0 spiro atoms. The Balaban J connectivity index is 1.68. The van der Waals surface area contributed by atoms with Crippen LogP contribution in [0.1, 0.15) is 6.92 Å². The maximum absolute atomic E-state index is 12.7. The van der Waals surface area contributed by atoms with Gasteiger partial charge in [-0.3, -0.25) is 4.90 Å². The van der Waals surface area contributed by atoms with Crippen molar-refractivity contribution in [1.29, 1.82) is 0 Å². The third kappa shape index (κ3) is 4.74. The molecule has 0 saturated carbocycles. The molecule has 1 heterocycles. The monoisotopic (exact) mass is 282 g/mol. The Labute approximate surface area is 119 Å². The molecule has 0 aliphatic carbocycles. The van der Waals surface area contributed by atoms with Gasteiger partial charge in [-0.05, 0) is 30.8 Å². The van der Waals surface area contributed by atoms with Gasteiger partial charge in [-0.15, -0.1) is 0 Å². The average Bonchev–Trinajstić information content (AvgIpc) is 2.47. The summed E-state index contributed by atoms with van der Waals surface area (Å²) in [6.07, 6.45) is -0.520. The van der Waals surface area contributed by atoms with E-state index < -0.39 is 6.10 Å². The van der Waals surface area contributed by atoms with Crippen LogP contribution in [0.3, 0.4) is 0 Å². The number of rotatable bonds is 6. The molecule has 1 aliphatic rings. The summed E-state index contributed by atoms with van der Waals surface area (Å²) in [6, 6.07) is 5.85. The van der Waals surface area contributed by atoms with Crippen LogP contribution in [0.4, 0.5) is 4.39 Å². The fourth-order valence-corrected chi connectivity index (χ4v) is 2.36. The van der Waals surface area contributed by atoms with Crippen molar-refractivity contribution in [3.63, 3.8) is 0 Å². The van der Waals surface area contributed by atoms with Crippen LogP contribution in [0.2, 0.25) is 0 Å². The molecular formula is C15H23FN2O2. The van der Waals surface area contributed by atoms with E-state index in [-0.39, 0.29) is 12.4 Å². The van der Waals surface area contributed by atoms with Gasteiger partial charge < -0.3 is 14.7 Å². The van der Waals surface area contributed by atoms with E-state index in [4.69, 9.17) is 4.74 Å². The van der Waals surface area contributed by atoms with Gasteiger partial charge in [0.05, 0.1) is 0 Å². The van der Waals surface area contributed by atoms with Crippen molar-refractivity contribution in [2.24, 2.45) is 0 Å². The third-order valence-electron chi connectivity index (χ3n) is 3.64. The highest BCUT2D eigenvalue weighted by Crippen LogP contribution is 2.11. The number of hydrogen-bond acceptors (Lipinski definition) is 4. The predicted molar refractivity (Wildman–Crippen MR) is 76.5 cm³/mol. The number of hydrogen-bond donors (Lipinski definition) is 1. The van der Waals surface area contributed by atoms with Crippen molar-refractivity contribution in [1.82, 2.24) is 9.80 Å². The Morgan fingerprint density at radius 3 is 2.35 bits per heavy atom. The van der Waals surface area contributed by atoms with Gasteiger partial charge in [-0.1, -0.05) is 6.92 Å². The number of likely N-dealkylation sites (N-methyl/N-ethyl adjacent to an activating group) is 1. The second-order valence-corrected chi connectivity index (χ2v) is 5.15. The van der Waals surface area contributed by atoms with Crippen molar-refractivity contribution in [2.45, 2.75) is 13.0 Å². The molecule has 1 aromatic carbocycles. The zero-order valence-electron chi connectivity index (χ0n) is 12.0. The summed E-state index contributed by atoms with van der Waals surface area (Å²) in [6.45, 7) is 8.20. The first-order valence-corrected chi connectivity index (χ1v) is 7.18. The first-order valence-electron chi connectivity index (χ1n) is 7.18. The minimum Gasteiger partial charge on any atom is -0.491 e. The Hall–Kier alpha value is -1.17. The van der Waals surface area contributed by atoms with E-state index in [0.29, 0.717) is 12.3 Å². The molecule has 1 N–H and O–H groups in total. The molecule has 1 aromatic rings. The van der Waals surface area contributed by atoms with Crippen LogP contribution in [0, 0.1) is 5.82 Å². The summed E-state index contributed by atoms with van der Waals surface area (Å²) in [7, 11) is 0. The molecule has 0 unspecified atom stereocenters. The number of ether oxygens (including phenoxy) is 1. The molecule has 2 rings (SSSR count). The first-order chi connectivity index (χ1) is 9.67. The number of β-amino-alcohol motifs (C(OH)–C–C–N with tert-alkyl or cyclic N) is 1. The quantitative estimate of drug-likeness (QED) is 0.850. The highest BCUT2D eigenvalue weighted by molar-refractivity contribution is 5.22. The summed E-state index contributed by atoms with van der Waals surface area (Å²) in [5.74, 6) is 0.299. The number of piperazine rings is 1. The lowest BCUT2D eigenvalue weighted by Gasteiger charge is -2.34. The molecule has 4 nitrogen and oxygen atoms in total. The van der Waals surface area contributed by atoms with Gasteiger partial charge in [0.25, 0.3) is 0 Å². The Kier molecular flexibility index (Phi) is 5.76. The van der Waals surface area contributed by atoms with Crippen LogP contribution in [-0.4, -0.2) is 66.9 Å². The SMILES string of the molecule is CCN1CCN(C[C@H](O)COc2ccc(F)cc2)CC1. The fraction of sp³-hybridized carbons (Fsp3) is 0.600. The Morgan fingerprint density at radius 1 is 1.15 bits per heavy atom. The highest BCUT2D eigenvalue weighted by atomic mass is 19.1. The zero-order valence-corrected chi connectivity index (χ0v) is 12.0. The fourth-order valence-electron chi connectivity index (χ4n) is 2.36. The lowest BCUT2D eigenvalue weighted by molar-refractivity contribution is 0.0471. The summed E-state index contributed by atoms with van der Waals surface area (Å²) in [5, 5.41) is 9.99. The van der Waals surface area contributed by atoms with Gasteiger partial charge in [-0.2, -0.15) is 0 Å². The van der Waals surface area contributed by atoms with Gasteiger partial charge in [0.15, 0.2) is 0 Å². The van der Waals surface area contributed by atoms with E-state index >= 15 is 0 Å². The molecule has 1 saturated heterocycles. The summed E-state index contributed by atoms with van der Waals surface area (Å²) >= 11 is 0. The lowest BCUT2D eigenvalue weighted by Crippen LogP contribution is -2.49. The molecule has 0 radical (unpaired) electrons. The third-order valence-corrected chi connectivity index (χ3v) is 3.64. The minimum absolute atomic E-state index is 0.236. The number of halogens is 1. The number of benzene rings is 1. The molecule has 1 fully saturated rings. The topological polar surface area (TPSA) is 35.9 Å². The van der Waals surface area contributed by atoms with E-state index in [9.17, 15) is 9.50 Å². The van der Waals surface area contributed by atoms with E-state index in [1.807, 2.05) is 0 Å².